The summed E-state index contributed by atoms with van der Waals surface area (Å²) in [5.74, 6) is 0.117. The van der Waals surface area contributed by atoms with E-state index in [-0.39, 0.29) is 11.8 Å². The molecule has 1 aromatic carbocycles. The molecule has 0 fully saturated rings. The molecule has 0 aliphatic heterocycles. The average Bonchev–Trinajstić information content (AvgIpc) is 2.15. The number of carbonyl (C=O) groups excluding carboxylic acids is 1. The summed E-state index contributed by atoms with van der Waals surface area (Å²) in [7, 11) is 0. The smallest absolute Gasteiger partial charge is 0.319 e. The summed E-state index contributed by atoms with van der Waals surface area (Å²) in [4.78, 5) is 11.1. The highest BCUT2D eigenvalue weighted by molar-refractivity contribution is 5.89. The molecule has 4 heteroatoms. The lowest BCUT2D eigenvalue weighted by molar-refractivity contribution is 0.253. The van der Waals surface area contributed by atoms with Crippen LogP contribution < -0.4 is 10.6 Å². The number of hydrogen-bond donors (Lipinski definition) is 3. The van der Waals surface area contributed by atoms with E-state index in [1.54, 1.807) is 18.2 Å². The number of phenols is 1. The molecule has 0 saturated heterocycles. The first-order valence-electron chi connectivity index (χ1n) is 4.17. The quantitative estimate of drug-likeness (QED) is 0.638. The first-order chi connectivity index (χ1) is 6.72. The number of amides is 2. The molecule has 0 atom stereocenters. The second-order valence-electron chi connectivity index (χ2n) is 2.67. The molecule has 0 bridgehead atoms. The largest absolute Gasteiger partial charge is 0.508 e. The molecule has 14 heavy (non-hydrogen) atoms. The van der Waals surface area contributed by atoms with Crippen LogP contribution in [-0.2, 0) is 0 Å². The Morgan fingerprint density at radius 2 is 2.36 bits per heavy atom. The average molecular weight is 192 g/mol. The molecule has 0 aliphatic rings. The molecule has 0 radical (unpaired) electrons. The van der Waals surface area contributed by atoms with Crippen molar-refractivity contribution in [3.8, 4) is 5.75 Å². The van der Waals surface area contributed by atoms with Crippen LogP contribution in [0.1, 0.15) is 0 Å². The van der Waals surface area contributed by atoms with Gasteiger partial charge in [0.2, 0.25) is 0 Å². The second-order valence-corrected chi connectivity index (χ2v) is 2.67. The lowest BCUT2D eigenvalue weighted by Crippen LogP contribution is -2.28. The maximum atomic E-state index is 11.1. The molecule has 1 aromatic rings. The predicted octanol–water partition coefficient (Wildman–Crippen LogP) is 1.70. The number of phenolic OH excluding ortho intramolecular Hbond substituents is 1. The summed E-state index contributed by atoms with van der Waals surface area (Å²) in [5, 5.41) is 14.2. The van der Waals surface area contributed by atoms with E-state index in [1.807, 2.05) is 0 Å². The van der Waals surface area contributed by atoms with Crippen LogP contribution in [0.25, 0.3) is 0 Å². The Balaban J connectivity index is 2.51. The lowest BCUT2D eigenvalue weighted by atomic mass is 10.3. The standard InChI is InChI=1S/C10H12N2O2/c1-2-6-11-10(14)12-8-4-3-5-9(13)7-8/h2-5,7,13H,1,6H2,(H2,11,12,14). The Morgan fingerprint density at radius 3 is 3.00 bits per heavy atom. The summed E-state index contributed by atoms with van der Waals surface area (Å²) in [6.07, 6.45) is 1.59. The molecule has 1 rings (SSSR count). The van der Waals surface area contributed by atoms with Crippen molar-refractivity contribution in [2.24, 2.45) is 0 Å². The fourth-order valence-corrected chi connectivity index (χ4v) is 0.924. The number of anilines is 1. The number of hydrogen-bond acceptors (Lipinski definition) is 2. The molecule has 2 amide bonds. The van der Waals surface area contributed by atoms with E-state index >= 15 is 0 Å². The molecule has 0 heterocycles. The number of carbonyl (C=O) groups is 1. The van der Waals surface area contributed by atoms with Gasteiger partial charge in [-0.25, -0.2) is 4.79 Å². The van der Waals surface area contributed by atoms with Gasteiger partial charge >= 0.3 is 6.03 Å². The van der Waals surface area contributed by atoms with Gasteiger partial charge < -0.3 is 15.7 Å². The van der Waals surface area contributed by atoms with E-state index in [1.165, 1.54) is 12.1 Å². The van der Waals surface area contributed by atoms with Gasteiger partial charge in [0.1, 0.15) is 5.75 Å². The van der Waals surface area contributed by atoms with Gasteiger partial charge in [-0.2, -0.15) is 0 Å². The molecule has 0 unspecified atom stereocenters. The fraction of sp³-hybridized carbons (Fsp3) is 0.100. The van der Waals surface area contributed by atoms with Crippen LogP contribution in [0.2, 0.25) is 0 Å². The fourth-order valence-electron chi connectivity index (χ4n) is 0.924. The molecule has 0 spiro atoms. The van der Waals surface area contributed by atoms with E-state index < -0.39 is 0 Å². The van der Waals surface area contributed by atoms with Crippen molar-refractivity contribution in [3.05, 3.63) is 36.9 Å². The van der Waals surface area contributed by atoms with Crippen molar-refractivity contribution in [3.63, 3.8) is 0 Å². The van der Waals surface area contributed by atoms with Crippen LogP contribution in [0.3, 0.4) is 0 Å². The van der Waals surface area contributed by atoms with Gasteiger partial charge in [0.05, 0.1) is 0 Å². The van der Waals surface area contributed by atoms with E-state index in [2.05, 4.69) is 17.2 Å². The van der Waals surface area contributed by atoms with Crippen molar-refractivity contribution in [1.82, 2.24) is 5.32 Å². The maximum Gasteiger partial charge on any atom is 0.319 e. The van der Waals surface area contributed by atoms with E-state index in [4.69, 9.17) is 5.11 Å². The summed E-state index contributed by atoms with van der Waals surface area (Å²) in [5.41, 5.74) is 0.548. The Labute approximate surface area is 82.3 Å². The summed E-state index contributed by atoms with van der Waals surface area (Å²) in [6, 6.07) is 6.02. The summed E-state index contributed by atoms with van der Waals surface area (Å²) in [6.45, 7) is 3.88. The molecular weight excluding hydrogens is 180 g/mol. The van der Waals surface area contributed by atoms with Crippen molar-refractivity contribution >= 4 is 11.7 Å². The van der Waals surface area contributed by atoms with E-state index in [0.717, 1.165) is 0 Å². The SMILES string of the molecule is C=CCNC(=O)Nc1cccc(O)c1. The third-order valence-electron chi connectivity index (χ3n) is 1.51. The summed E-state index contributed by atoms with van der Waals surface area (Å²) < 4.78 is 0. The van der Waals surface area contributed by atoms with E-state index in [0.29, 0.717) is 12.2 Å². The third kappa shape index (κ3) is 3.18. The molecule has 0 aromatic heterocycles. The van der Waals surface area contributed by atoms with Crippen molar-refractivity contribution in [2.45, 2.75) is 0 Å². The van der Waals surface area contributed by atoms with Gasteiger partial charge in [-0.1, -0.05) is 12.1 Å². The van der Waals surface area contributed by atoms with E-state index in [9.17, 15) is 4.79 Å². The molecule has 0 aliphatic carbocycles. The minimum atomic E-state index is -0.324. The lowest BCUT2D eigenvalue weighted by Gasteiger charge is -2.05. The minimum absolute atomic E-state index is 0.117. The van der Waals surface area contributed by atoms with Gasteiger partial charge in [0.25, 0.3) is 0 Å². The van der Waals surface area contributed by atoms with Gasteiger partial charge in [0.15, 0.2) is 0 Å². The van der Waals surface area contributed by atoms with Crippen LogP contribution in [-0.4, -0.2) is 17.7 Å². The number of urea groups is 1. The minimum Gasteiger partial charge on any atom is -0.508 e. The predicted molar refractivity (Wildman–Crippen MR) is 55.3 cm³/mol. The van der Waals surface area contributed by atoms with Gasteiger partial charge in [-0.05, 0) is 12.1 Å². The Morgan fingerprint density at radius 1 is 1.57 bits per heavy atom. The van der Waals surface area contributed by atoms with Gasteiger partial charge in [-0.15, -0.1) is 6.58 Å². The topological polar surface area (TPSA) is 61.4 Å². The van der Waals surface area contributed by atoms with Crippen molar-refractivity contribution < 1.29 is 9.90 Å². The molecule has 74 valence electrons. The highest BCUT2D eigenvalue weighted by Gasteiger charge is 1.99. The van der Waals surface area contributed by atoms with Crippen LogP contribution in [0.5, 0.6) is 5.75 Å². The second kappa shape index (κ2) is 4.91. The van der Waals surface area contributed by atoms with Gasteiger partial charge in [-0.3, -0.25) is 0 Å². The molecule has 0 saturated carbocycles. The van der Waals surface area contributed by atoms with Gasteiger partial charge in [0, 0.05) is 18.3 Å². The van der Waals surface area contributed by atoms with Crippen LogP contribution in [0.15, 0.2) is 36.9 Å². The van der Waals surface area contributed by atoms with Crippen molar-refractivity contribution in [2.75, 3.05) is 11.9 Å². The zero-order valence-corrected chi connectivity index (χ0v) is 7.66. The van der Waals surface area contributed by atoms with Crippen LogP contribution in [0.4, 0.5) is 10.5 Å². The summed E-state index contributed by atoms with van der Waals surface area (Å²) >= 11 is 0. The number of nitrogens with one attached hydrogen (secondary N) is 2. The number of benzene rings is 1. The number of aromatic hydroxyl groups is 1. The normalized spacial score (nSPS) is 9.14. The third-order valence-corrected chi connectivity index (χ3v) is 1.51. The maximum absolute atomic E-state index is 11.1. The Kier molecular flexibility index (Phi) is 3.55. The Hall–Kier alpha value is -1.97. The molecule has 4 nitrogen and oxygen atoms in total. The first kappa shape index (κ1) is 10.1. The number of rotatable bonds is 3. The van der Waals surface area contributed by atoms with Crippen LogP contribution >= 0.6 is 0 Å². The van der Waals surface area contributed by atoms with Crippen molar-refractivity contribution in [1.29, 1.82) is 0 Å². The van der Waals surface area contributed by atoms with Crippen LogP contribution in [0, 0.1) is 0 Å². The molecular formula is C10H12N2O2. The monoisotopic (exact) mass is 192 g/mol. The highest BCUT2D eigenvalue weighted by Crippen LogP contribution is 2.14. The Bertz CT molecular complexity index is 337. The molecule has 3 N–H and O–H groups in total. The zero-order valence-electron chi connectivity index (χ0n) is 7.66. The zero-order chi connectivity index (χ0) is 10.4. The first-order valence-corrected chi connectivity index (χ1v) is 4.17. The highest BCUT2D eigenvalue weighted by atomic mass is 16.3.